The number of fused-ring (bicyclic) bond motifs is 1. The van der Waals surface area contributed by atoms with Gasteiger partial charge < -0.3 is 0 Å². The number of rotatable bonds is 2. The van der Waals surface area contributed by atoms with Gasteiger partial charge in [0.05, 0.1) is 11.6 Å². The first-order valence-corrected chi connectivity index (χ1v) is 4.69. The molecule has 0 saturated heterocycles. The van der Waals surface area contributed by atoms with Crippen molar-refractivity contribution in [3.8, 4) is 0 Å². The highest BCUT2D eigenvalue weighted by molar-refractivity contribution is 5.94. The number of nitrogens with zero attached hydrogens (tertiary/aromatic N) is 3. The predicted molar refractivity (Wildman–Crippen MR) is 51.2 cm³/mol. The molecule has 0 unspecified atom stereocenters. The third-order valence-electron chi connectivity index (χ3n) is 2.54. The van der Waals surface area contributed by atoms with Gasteiger partial charge >= 0.3 is 0 Å². The van der Waals surface area contributed by atoms with E-state index in [2.05, 4.69) is 10.3 Å². The first kappa shape index (κ1) is 7.67. The molecule has 4 nitrogen and oxygen atoms in total. The molecule has 0 bridgehead atoms. The normalized spacial score (nSPS) is 16.0. The predicted octanol–water partition coefficient (Wildman–Crippen LogP) is 1.58. The van der Waals surface area contributed by atoms with E-state index in [1.807, 2.05) is 16.8 Å². The molecule has 0 atom stereocenters. The van der Waals surface area contributed by atoms with E-state index in [9.17, 15) is 4.79 Å². The van der Waals surface area contributed by atoms with Crippen molar-refractivity contribution in [3.63, 3.8) is 0 Å². The Balaban J connectivity index is 2.34. The number of hydrogen-bond donors (Lipinski definition) is 0. The number of para-hydroxylation sites is 1. The van der Waals surface area contributed by atoms with Crippen molar-refractivity contribution in [1.82, 2.24) is 15.0 Å². The lowest BCUT2D eigenvalue weighted by atomic mass is 10.2. The summed E-state index contributed by atoms with van der Waals surface area (Å²) >= 11 is 0. The Labute approximate surface area is 80.5 Å². The summed E-state index contributed by atoms with van der Waals surface area (Å²) in [5.41, 5.74) is 2.37. The zero-order valence-corrected chi connectivity index (χ0v) is 7.55. The van der Waals surface area contributed by atoms with Crippen LogP contribution >= 0.6 is 0 Å². The van der Waals surface area contributed by atoms with Crippen LogP contribution in [0.5, 0.6) is 0 Å². The monoisotopic (exact) mass is 187 g/mol. The van der Waals surface area contributed by atoms with E-state index >= 15 is 0 Å². The summed E-state index contributed by atoms with van der Waals surface area (Å²) in [6.07, 6.45) is 3.15. The van der Waals surface area contributed by atoms with Crippen LogP contribution in [0.25, 0.3) is 11.0 Å². The minimum absolute atomic E-state index is 0.459. The number of aromatic nitrogens is 3. The second-order valence-electron chi connectivity index (χ2n) is 3.60. The van der Waals surface area contributed by atoms with Crippen LogP contribution in [-0.2, 0) is 0 Å². The smallest absolute Gasteiger partial charge is 0.152 e. The Morgan fingerprint density at radius 3 is 3.00 bits per heavy atom. The molecule has 1 aliphatic carbocycles. The van der Waals surface area contributed by atoms with E-state index in [0.29, 0.717) is 11.6 Å². The summed E-state index contributed by atoms with van der Waals surface area (Å²) in [4.78, 5) is 10.8. The second kappa shape index (κ2) is 2.64. The maximum Gasteiger partial charge on any atom is 0.152 e. The maximum atomic E-state index is 10.8. The largest absolute Gasteiger partial charge is 0.298 e. The van der Waals surface area contributed by atoms with E-state index in [1.165, 1.54) is 0 Å². The van der Waals surface area contributed by atoms with E-state index < -0.39 is 0 Å². The van der Waals surface area contributed by atoms with Crippen molar-refractivity contribution in [2.45, 2.75) is 18.9 Å². The molecule has 0 amide bonds. The topological polar surface area (TPSA) is 47.8 Å². The third-order valence-corrected chi connectivity index (χ3v) is 2.54. The van der Waals surface area contributed by atoms with Crippen molar-refractivity contribution >= 4 is 17.3 Å². The van der Waals surface area contributed by atoms with E-state index in [0.717, 1.165) is 30.2 Å². The Kier molecular flexibility index (Phi) is 1.45. The van der Waals surface area contributed by atoms with Gasteiger partial charge in [0.25, 0.3) is 0 Å². The highest BCUT2D eigenvalue weighted by atomic mass is 16.1. The van der Waals surface area contributed by atoms with Crippen LogP contribution in [0.1, 0.15) is 29.2 Å². The molecule has 1 aliphatic rings. The van der Waals surface area contributed by atoms with Gasteiger partial charge in [-0.25, -0.2) is 4.68 Å². The van der Waals surface area contributed by atoms with Gasteiger partial charge in [-0.2, -0.15) is 0 Å². The fraction of sp³-hybridized carbons (Fsp3) is 0.300. The molecule has 1 fully saturated rings. The Hall–Kier alpha value is -1.71. The molecule has 0 radical (unpaired) electrons. The molecule has 2 aromatic rings. The van der Waals surface area contributed by atoms with Gasteiger partial charge in [0.1, 0.15) is 5.52 Å². The molecule has 14 heavy (non-hydrogen) atoms. The minimum atomic E-state index is 0.459. The van der Waals surface area contributed by atoms with Gasteiger partial charge in [-0.15, -0.1) is 5.10 Å². The van der Waals surface area contributed by atoms with Crippen LogP contribution < -0.4 is 0 Å². The van der Waals surface area contributed by atoms with E-state index in [4.69, 9.17) is 0 Å². The van der Waals surface area contributed by atoms with Gasteiger partial charge in [-0.05, 0) is 25.0 Å². The van der Waals surface area contributed by atoms with Crippen molar-refractivity contribution in [2.24, 2.45) is 0 Å². The van der Waals surface area contributed by atoms with Crippen LogP contribution in [-0.4, -0.2) is 21.3 Å². The maximum absolute atomic E-state index is 10.8. The van der Waals surface area contributed by atoms with Crippen LogP contribution in [0.2, 0.25) is 0 Å². The Morgan fingerprint density at radius 1 is 1.43 bits per heavy atom. The number of carbonyl (C=O) groups is 1. The lowest BCUT2D eigenvalue weighted by Gasteiger charge is -1.99. The molecule has 4 heteroatoms. The second-order valence-corrected chi connectivity index (χ2v) is 3.60. The van der Waals surface area contributed by atoms with Gasteiger partial charge in [0.15, 0.2) is 6.29 Å². The molecular weight excluding hydrogens is 178 g/mol. The number of aldehydes is 1. The van der Waals surface area contributed by atoms with Crippen LogP contribution in [0.4, 0.5) is 0 Å². The Morgan fingerprint density at radius 2 is 2.29 bits per heavy atom. The fourth-order valence-electron chi connectivity index (χ4n) is 1.69. The van der Waals surface area contributed by atoms with Gasteiger partial charge in [-0.1, -0.05) is 11.3 Å². The molecule has 70 valence electrons. The summed E-state index contributed by atoms with van der Waals surface area (Å²) in [6, 6.07) is 5.98. The zero-order valence-electron chi connectivity index (χ0n) is 7.55. The lowest BCUT2D eigenvalue weighted by molar-refractivity contribution is 0.112. The third kappa shape index (κ3) is 0.968. The molecular formula is C10H9N3O. The molecule has 0 aliphatic heterocycles. The van der Waals surface area contributed by atoms with E-state index in [-0.39, 0.29) is 0 Å². The van der Waals surface area contributed by atoms with Crippen molar-refractivity contribution in [3.05, 3.63) is 23.8 Å². The number of benzene rings is 1. The highest BCUT2D eigenvalue weighted by Gasteiger charge is 2.27. The van der Waals surface area contributed by atoms with Crippen molar-refractivity contribution in [2.75, 3.05) is 0 Å². The lowest BCUT2D eigenvalue weighted by Crippen LogP contribution is -1.98. The van der Waals surface area contributed by atoms with Gasteiger partial charge in [0, 0.05) is 5.56 Å². The molecule has 1 aromatic heterocycles. The summed E-state index contributed by atoms with van der Waals surface area (Å²) in [5, 5.41) is 8.12. The number of hydrogen-bond acceptors (Lipinski definition) is 3. The van der Waals surface area contributed by atoms with Crippen molar-refractivity contribution < 1.29 is 4.79 Å². The zero-order chi connectivity index (χ0) is 9.54. The van der Waals surface area contributed by atoms with Crippen LogP contribution in [0, 0.1) is 0 Å². The van der Waals surface area contributed by atoms with Crippen LogP contribution in [0.3, 0.4) is 0 Å². The molecule has 0 N–H and O–H groups in total. The average molecular weight is 187 g/mol. The van der Waals surface area contributed by atoms with E-state index in [1.54, 1.807) is 6.07 Å². The number of carbonyl (C=O) groups excluding carboxylic acids is 1. The molecule has 3 rings (SSSR count). The standard InChI is InChI=1S/C10H9N3O/c14-6-7-2-1-3-9-10(7)13(12-11-9)8-4-5-8/h1-3,6,8H,4-5H2. The average Bonchev–Trinajstić information content (AvgIpc) is 2.97. The summed E-state index contributed by atoms with van der Waals surface area (Å²) in [6.45, 7) is 0. The molecule has 1 saturated carbocycles. The van der Waals surface area contributed by atoms with Crippen LogP contribution in [0.15, 0.2) is 18.2 Å². The van der Waals surface area contributed by atoms with Gasteiger partial charge in [0.2, 0.25) is 0 Å². The molecule has 1 heterocycles. The summed E-state index contributed by atoms with van der Waals surface area (Å²) in [7, 11) is 0. The highest BCUT2D eigenvalue weighted by Crippen LogP contribution is 2.36. The first-order chi connectivity index (χ1) is 6.90. The minimum Gasteiger partial charge on any atom is -0.298 e. The van der Waals surface area contributed by atoms with Crippen molar-refractivity contribution in [1.29, 1.82) is 0 Å². The molecule has 1 aromatic carbocycles. The Bertz CT molecular complexity index is 499. The first-order valence-electron chi connectivity index (χ1n) is 4.69. The fourth-order valence-corrected chi connectivity index (χ4v) is 1.69. The van der Waals surface area contributed by atoms with Gasteiger partial charge in [-0.3, -0.25) is 4.79 Å². The quantitative estimate of drug-likeness (QED) is 0.670. The SMILES string of the molecule is O=Cc1cccc2nnn(C3CC3)c12. The summed E-state index contributed by atoms with van der Waals surface area (Å²) in [5.74, 6) is 0. The summed E-state index contributed by atoms with van der Waals surface area (Å²) < 4.78 is 1.87. The molecule has 0 spiro atoms.